The van der Waals surface area contributed by atoms with Crippen molar-refractivity contribution in [1.29, 1.82) is 0 Å². The zero-order valence-corrected chi connectivity index (χ0v) is 28.9. The molecular weight excluding hydrogens is 797 g/mol. The minimum Gasteiger partial charge on any atom is -0.810 e. The first kappa shape index (κ1) is 40.1. The van der Waals surface area contributed by atoms with Crippen molar-refractivity contribution in [2.45, 2.75) is 73.8 Å². The van der Waals surface area contributed by atoms with Crippen LogP contribution in [0.5, 0.6) is 0 Å². The van der Waals surface area contributed by atoms with E-state index in [-0.39, 0.29) is 59.6 Å². The van der Waals surface area contributed by atoms with Gasteiger partial charge in [-0.3, -0.25) is 4.58 Å². The molecule has 0 aliphatic rings. The van der Waals surface area contributed by atoms with Crippen LogP contribution in [0.3, 0.4) is 0 Å². The van der Waals surface area contributed by atoms with Crippen LogP contribution in [0.2, 0.25) is 0 Å². The zero-order valence-electron chi connectivity index (χ0n) is 22.4. The van der Waals surface area contributed by atoms with Gasteiger partial charge in [0, 0.05) is 40.2 Å². The maximum absolute atomic E-state index is 4.86. The molecule has 0 spiro atoms. The Morgan fingerprint density at radius 2 is 0.848 bits per heavy atom. The van der Waals surface area contributed by atoms with E-state index < -0.39 is 0 Å². The first-order chi connectivity index (χ1) is 13.4. The van der Waals surface area contributed by atoms with Crippen LogP contribution in [-0.4, -0.2) is 0 Å². The Kier molecular flexibility index (Phi) is 22.1. The molecule has 198 valence electrons. The number of hydrogen-bond acceptors (Lipinski definition) is 2. The summed E-state index contributed by atoms with van der Waals surface area (Å²) in [5.41, 5.74) is 15.7. The molecule has 0 aliphatic heterocycles. The van der Waals surface area contributed by atoms with Crippen molar-refractivity contribution in [2.75, 3.05) is 0 Å². The third-order valence-electron chi connectivity index (χ3n) is 6.70. The van der Waals surface area contributed by atoms with E-state index in [1.54, 1.807) is 0 Å². The summed E-state index contributed by atoms with van der Waals surface area (Å²) in [6, 6.07) is 9.74. The number of rotatable bonds is 1. The summed E-state index contributed by atoms with van der Waals surface area (Å²) in [7, 11) is 0. The maximum atomic E-state index is 4.86. The van der Waals surface area contributed by atoms with Crippen LogP contribution < -0.4 is 0 Å². The van der Waals surface area contributed by atoms with Crippen molar-refractivity contribution in [3.8, 4) is 0 Å². The molecule has 0 bridgehead atoms. The average molecular weight is 839 g/mol. The van der Waals surface area contributed by atoms with Gasteiger partial charge in [0.1, 0.15) is 0 Å². The minimum absolute atomic E-state index is 0. The second-order valence-electron chi connectivity index (χ2n) is 7.99. The van der Waals surface area contributed by atoms with Crippen LogP contribution in [0.1, 0.15) is 65.8 Å². The summed E-state index contributed by atoms with van der Waals surface area (Å²) in [5.74, 6) is 0. The van der Waals surface area contributed by atoms with Crippen LogP contribution in [0.25, 0.3) is 0 Å². The second-order valence-corrected chi connectivity index (χ2v) is 9.23. The molecule has 3 rings (SSSR count). The van der Waals surface area contributed by atoms with Gasteiger partial charge in [-0.1, -0.05) is 70.5 Å². The van der Waals surface area contributed by atoms with Gasteiger partial charge in [0.15, 0.2) is 0 Å². The van der Waals surface area contributed by atoms with E-state index in [0.717, 1.165) is 5.56 Å². The third-order valence-corrected chi connectivity index (χ3v) is 7.24. The first-order valence-electron chi connectivity index (χ1n) is 10.2. The normalized spacial score (nSPS) is 9.12. The Balaban J connectivity index is -0.000000180. The molecule has 0 fully saturated rings. The molecule has 2 radical (unpaired) electrons. The quantitative estimate of drug-likeness (QED) is 0.178. The molecule has 33 heavy (non-hydrogen) atoms. The fraction of sp³-hybridized carbons (Fsp3) is 0.379. The molecule has 4 heteroatoms. The molecule has 0 saturated heterocycles. The van der Waals surface area contributed by atoms with Crippen LogP contribution in [0.15, 0.2) is 30.3 Å². The molecule has 0 amide bonds. The van der Waals surface area contributed by atoms with Crippen molar-refractivity contribution in [3.63, 3.8) is 0 Å². The van der Waals surface area contributed by atoms with E-state index in [1.165, 1.54) is 55.6 Å². The number of benzene rings is 1. The SMILES string of the molecule is C[c-]1[c-](C)[c-](C)[c-](C)[c-]1C.Cc1c(C)c(C)[c-](C)c1C.[CH3-].[CH3-].[Ir].[Ir].[S-]C([S-])c1ccccc1. The molecule has 0 saturated carbocycles. The van der Waals surface area contributed by atoms with E-state index in [0.29, 0.717) is 0 Å². The summed E-state index contributed by atoms with van der Waals surface area (Å²) >= 11 is 9.72. The van der Waals surface area contributed by atoms with Crippen molar-refractivity contribution >= 4 is 25.3 Å². The number of hydrogen-bond donors (Lipinski definition) is 0. The molecule has 0 unspecified atom stereocenters. The summed E-state index contributed by atoms with van der Waals surface area (Å²) in [6.07, 6.45) is 0. The third kappa shape index (κ3) is 10.6. The van der Waals surface area contributed by atoms with Gasteiger partial charge in [-0.15, -0.1) is 0 Å². The first-order valence-corrected chi connectivity index (χ1v) is 11.1. The Morgan fingerprint density at radius 3 is 1.00 bits per heavy atom. The van der Waals surface area contributed by atoms with E-state index in [2.05, 4.69) is 69.2 Å². The Labute approximate surface area is 244 Å². The van der Waals surface area contributed by atoms with Gasteiger partial charge >= 0.3 is 0 Å². The Morgan fingerprint density at radius 1 is 0.576 bits per heavy atom. The fourth-order valence-corrected chi connectivity index (χ4v) is 3.74. The largest absolute Gasteiger partial charge is 0.810 e. The summed E-state index contributed by atoms with van der Waals surface area (Å²) in [5, 5.41) is 0. The molecule has 0 atom stereocenters. The van der Waals surface area contributed by atoms with Gasteiger partial charge in [-0.05, 0) is 0 Å². The summed E-state index contributed by atoms with van der Waals surface area (Å²) in [6.45, 7) is 22.0. The van der Waals surface area contributed by atoms with E-state index >= 15 is 0 Å². The van der Waals surface area contributed by atoms with Crippen LogP contribution in [-0.2, 0) is 65.5 Å². The van der Waals surface area contributed by atoms with Gasteiger partial charge in [0.25, 0.3) is 0 Å². The smallest absolute Gasteiger partial charge is 0 e. The van der Waals surface area contributed by atoms with E-state index in [1.807, 2.05) is 30.3 Å². The summed E-state index contributed by atoms with van der Waals surface area (Å²) < 4.78 is -0.175. The minimum atomic E-state index is -0.175. The van der Waals surface area contributed by atoms with Crippen LogP contribution in [0, 0.1) is 84.1 Å². The van der Waals surface area contributed by atoms with Crippen LogP contribution in [0.4, 0.5) is 0 Å². The zero-order chi connectivity index (χ0) is 22.5. The van der Waals surface area contributed by atoms with Crippen molar-refractivity contribution in [1.82, 2.24) is 0 Å². The molecule has 0 N–H and O–H groups in total. The average Bonchev–Trinajstić information content (AvgIpc) is 2.99. The summed E-state index contributed by atoms with van der Waals surface area (Å²) in [4.78, 5) is 0. The Bertz CT molecular complexity index is 716. The molecule has 3 aromatic carbocycles. The molecule has 3 aromatic rings. The molecule has 0 aliphatic carbocycles. The van der Waals surface area contributed by atoms with Crippen molar-refractivity contribution in [3.05, 3.63) is 106 Å². The van der Waals surface area contributed by atoms with Crippen molar-refractivity contribution < 1.29 is 40.2 Å². The molecule has 0 nitrogen and oxygen atoms in total. The predicted molar refractivity (Wildman–Crippen MR) is 148 cm³/mol. The fourth-order valence-electron chi connectivity index (χ4n) is 3.42. The standard InChI is InChI=1S/2C10H15.C7H8S2.2CH3.2Ir/c2*1-6-7(2)9(4)10(5)8(6)3;8-7(9)6-4-2-1-3-5-6;;;;/h2*1-5H3;1-5,7-9H;2*1H3;;/q-5;-1;;2*-1;;/p-2. The van der Waals surface area contributed by atoms with Gasteiger partial charge in [-0.25, -0.2) is 34.6 Å². The van der Waals surface area contributed by atoms with Gasteiger partial charge in [0.2, 0.25) is 0 Å². The second kappa shape index (κ2) is 18.2. The Hall–Kier alpha value is -0.0813. The van der Waals surface area contributed by atoms with Crippen molar-refractivity contribution in [2.24, 2.45) is 0 Å². The van der Waals surface area contributed by atoms with Crippen LogP contribution >= 0.6 is 0 Å². The topological polar surface area (TPSA) is 0 Å². The molecule has 0 aromatic heterocycles. The van der Waals surface area contributed by atoms with E-state index in [9.17, 15) is 0 Å². The molecular formula is C29H42Ir2S2-10. The van der Waals surface area contributed by atoms with E-state index in [4.69, 9.17) is 25.3 Å². The maximum Gasteiger partial charge on any atom is 0 e. The van der Waals surface area contributed by atoms with Gasteiger partial charge in [0.05, 0.1) is 0 Å². The predicted octanol–water partition coefficient (Wildman–Crippen LogP) is 8.57. The molecule has 0 heterocycles. The van der Waals surface area contributed by atoms with Gasteiger partial charge in [-0.2, -0.15) is 27.8 Å². The monoisotopic (exact) mass is 840 g/mol. The van der Waals surface area contributed by atoms with Gasteiger partial charge < -0.3 is 67.9 Å².